The molecule has 29 heavy (non-hydrogen) atoms. The van der Waals surface area contributed by atoms with E-state index in [-0.39, 0.29) is 18.3 Å². The van der Waals surface area contributed by atoms with Gasteiger partial charge in [-0.05, 0) is 31.6 Å². The van der Waals surface area contributed by atoms with Crippen molar-refractivity contribution in [2.75, 3.05) is 0 Å². The zero-order valence-electron chi connectivity index (χ0n) is 17.0. The Morgan fingerprint density at radius 3 is 2.31 bits per heavy atom. The van der Waals surface area contributed by atoms with Gasteiger partial charge in [-0.15, -0.1) is 0 Å². The topological polar surface area (TPSA) is 46.9 Å². The number of nitrogens with one attached hydrogen (secondary N) is 1. The Kier molecular flexibility index (Phi) is 6.00. The predicted octanol–water partition coefficient (Wildman–Crippen LogP) is 4.54. The molecule has 1 N–H and O–H groups in total. The Morgan fingerprint density at radius 2 is 1.72 bits per heavy atom. The van der Waals surface area contributed by atoms with Gasteiger partial charge in [0.25, 0.3) is 5.91 Å². The second-order valence-electron chi connectivity index (χ2n) is 8.10. The van der Waals surface area contributed by atoms with E-state index in [4.69, 9.17) is 0 Å². The third-order valence-electron chi connectivity index (χ3n) is 5.53. The van der Waals surface area contributed by atoms with Crippen molar-refractivity contribution in [3.63, 3.8) is 0 Å². The number of aromatic nitrogens is 2. The van der Waals surface area contributed by atoms with Gasteiger partial charge in [0, 0.05) is 36.2 Å². The molecule has 0 bridgehead atoms. The molecule has 0 fully saturated rings. The molecule has 0 aliphatic heterocycles. The van der Waals surface area contributed by atoms with E-state index in [9.17, 15) is 22.4 Å². The number of fused-ring (bicyclic) bond motifs is 1. The lowest BCUT2D eigenvalue weighted by Crippen LogP contribution is -2.27. The van der Waals surface area contributed by atoms with Gasteiger partial charge in [-0.3, -0.25) is 9.48 Å². The molecule has 0 saturated carbocycles. The van der Waals surface area contributed by atoms with E-state index in [0.29, 0.717) is 18.5 Å². The Bertz CT molecular complexity index is 923. The molecule has 1 heterocycles. The summed E-state index contributed by atoms with van der Waals surface area (Å²) >= 11 is 0. The first-order valence-electron chi connectivity index (χ1n) is 9.81. The summed E-state index contributed by atoms with van der Waals surface area (Å²) in [5.74, 6) is -5.96. The molecule has 1 amide bonds. The first-order chi connectivity index (χ1) is 13.6. The van der Waals surface area contributed by atoms with Crippen molar-refractivity contribution in [1.82, 2.24) is 15.1 Å². The number of hydrogen-bond acceptors (Lipinski definition) is 2. The first kappa shape index (κ1) is 21.3. The highest BCUT2D eigenvalue weighted by Crippen LogP contribution is 2.33. The van der Waals surface area contributed by atoms with Crippen molar-refractivity contribution in [3.05, 3.63) is 51.3 Å². The smallest absolute Gasteiger partial charge is 0.270 e. The van der Waals surface area contributed by atoms with Crippen molar-refractivity contribution in [2.45, 2.75) is 58.9 Å². The molecule has 1 aromatic heterocycles. The molecule has 4 nitrogen and oxygen atoms in total. The van der Waals surface area contributed by atoms with Crippen molar-refractivity contribution < 1.29 is 22.4 Å². The second kappa shape index (κ2) is 8.16. The number of amides is 1. The minimum absolute atomic E-state index is 0.102. The van der Waals surface area contributed by atoms with Crippen molar-refractivity contribution in [3.8, 4) is 0 Å². The van der Waals surface area contributed by atoms with Crippen LogP contribution >= 0.6 is 0 Å². The highest BCUT2D eigenvalue weighted by Gasteiger charge is 2.30. The maximum atomic E-state index is 14.4. The molecule has 3 rings (SSSR count). The minimum atomic E-state index is -1.47. The van der Waals surface area contributed by atoms with Gasteiger partial charge in [-0.1, -0.05) is 20.8 Å². The van der Waals surface area contributed by atoms with E-state index >= 15 is 0 Å². The number of rotatable bonds is 6. The lowest BCUT2D eigenvalue weighted by atomic mass is 9.99. The highest BCUT2D eigenvalue weighted by atomic mass is 19.2. The van der Waals surface area contributed by atoms with Gasteiger partial charge < -0.3 is 5.32 Å². The van der Waals surface area contributed by atoms with Crippen LogP contribution in [0.15, 0.2) is 0 Å². The highest BCUT2D eigenvalue weighted by molar-refractivity contribution is 5.94. The zero-order chi connectivity index (χ0) is 21.5. The summed E-state index contributed by atoms with van der Waals surface area (Å²) in [6.07, 6.45) is 1.85. The number of carbonyl (C=O) groups is 1. The van der Waals surface area contributed by atoms with Crippen molar-refractivity contribution >= 4 is 5.91 Å². The molecule has 8 heteroatoms. The maximum Gasteiger partial charge on any atom is 0.270 e. The lowest BCUT2D eigenvalue weighted by Gasteiger charge is -2.14. The molecule has 1 aromatic carbocycles. The predicted molar refractivity (Wildman–Crippen MR) is 101 cm³/mol. The number of nitrogens with zero attached hydrogens (tertiary/aromatic N) is 2. The lowest BCUT2D eigenvalue weighted by molar-refractivity contribution is 0.0939. The van der Waals surface area contributed by atoms with E-state index in [1.165, 1.54) is 4.68 Å². The Hall–Kier alpha value is -2.38. The SMILES string of the molecule is CC(C)CCc1c(F)c(F)c(CNC(=O)c2c3c(nn2C)C(C)CC3)c(F)c1F. The van der Waals surface area contributed by atoms with Crippen LogP contribution < -0.4 is 5.32 Å². The van der Waals surface area contributed by atoms with Crippen molar-refractivity contribution in [2.24, 2.45) is 13.0 Å². The Labute approximate surface area is 167 Å². The van der Waals surface area contributed by atoms with Crippen LogP contribution in [0.2, 0.25) is 0 Å². The summed E-state index contributed by atoms with van der Waals surface area (Å²) in [5.41, 5.74) is 0.525. The third-order valence-corrected chi connectivity index (χ3v) is 5.53. The van der Waals surface area contributed by atoms with Gasteiger partial charge >= 0.3 is 0 Å². The molecule has 0 saturated heterocycles. The molecule has 1 unspecified atom stereocenters. The summed E-state index contributed by atoms with van der Waals surface area (Å²) in [7, 11) is 1.62. The summed E-state index contributed by atoms with van der Waals surface area (Å²) in [6.45, 7) is 5.05. The van der Waals surface area contributed by atoms with Gasteiger partial charge in [0.2, 0.25) is 0 Å². The molecule has 0 radical (unpaired) electrons. The summed E-state index contributed by atoms with van der Waals surface area (Å²) in [6, 6.07) is 0. The summed E-state index contributed by atoms with van der Waals surface area (Å²) in [4.78, 5) is 12.6. The van der Waals surface area contributed by atoms with E-state index < -0.39 is 46.8 Å². The third kappa shape index (κ3) is 3.89. The van der Waals surface area contributed by atoms with Crippen LogP contribution in [0.25, 0.3) is 0 Å². The number of hydrogen-bond donors (Lipinski definition) is 1. The fourth-order valence-corrected chi connectivity index (χ4v) is 3.80. The summed E-state index contributed by atoms with van der Waals surface area (Å²) < 4.78 is 58.9. The molecule has 1 aliphatic carbocycles. The summed E-state index contributed by atoms with van der Waals surface area (Å²) in [5, 5.41) is 6.72. The van der Waals surface area contributed by atoms with Crippen LogP contribution in [0.5, 0.6) is 0 Å². The monoisotopic (exact) mass is 411 g/mol. The van der Waals surface area contributed by atoms with E-state index in [0.717, 1.165) is 17.7 Å². The zero-order valence-corrected chi connectivity index (χ0v) is 17.0. The number of benzene rings is 1. The fraction of sp³-hybridized carbons (Fsp3) is 0.524. The standard InChI is InChI=1S/C21H25F4N3O/c1-10(2)5-7-12-15(22)17(24)14(18(25)16(12)23)9-26-21(29)20-13-8-6-11(3)19(13)27-28(20)4/h10-11H,5-9H2,1-4H3,(H,26,29). The van der Waals surface area contributed by atoms with Crippen molar-refractivity contribution in [1.29, 1.82) is 0 Å². The average Bonchev–Trinajstić information content (AvgIpc) is 3.17. The molecule has 0 spiro atoms. The number of aryl methyl sites for hydroxylation is 1. The average molecular weight is 411 g/mol. The molecular weight excluding hydrogens is 386 g/mol. The van der Waals surface area contributed by atoms with Gasteiger partial charge in [-0.25, -0.2) is 17.6 Å². The molecule has 1 atom stereocenters. The van der Waals surface area contributed by atoms with Crippen LogP contribution in [0.1, 0.15) is 72.4 Å². The van der Waals surface area contributed by atoms with Gasteiger partial charge in [0.1, 0.15) is 5.69 Å². The molecule has 158 valence electrons. The largest absolute Gasteiger partial charge is 0.346 e. The van der Waals surface area contributed by atoms with Gasteiger partial charge in [0.05, 0.1) is 5.69 Å². The van der Waals surface area contributed by atoms with Crippen LogP contribution in [-0.2, 0) is 26.4 Å². The van der Waals surface area contributed by atoms with Gasteiger partial charge in [-0.2, -0.15) is 5.10 Å². The first-order valence-corrected chi connectivity index (χ1v) is 9.81. The maximum absolute atomic E-state index is 14.4. The van der Waals surface area contributed by atoms with Crippen LogP contribution in [0.3, 0.4) is 0 Å². The Morgan fingerprint density at radius 1 is 1.14 bits per heavy atom. The van der Waals surface area contributed by atoms with Crippen LogP contribution in [0.4, 0.5) is 17.6 Å². The number of halogens is 4. The molecular formula is C21H25F4N3O. The minimum Gasteiger partial charge on any atom is -0.346 e. The van der Waals surface area contributed by atoms with E-state index in [1.54, 1.807) is 7.05 Å². The van der Waals surface area contributed by atoms with E-state index in [1.807, 2.05) is 20.8 Å². The van der Waals surface area contributed by atoms with E-state index in [2.05, 4.69) is 10.4 Å². The molecule has 2 aromatic rings. The second-order valence-corrected chi connectivity index (χ2v) is 8.10. The normalized spacial score (nSPS) is 15.8. The quantitative estimate of drug-likeness (QED) is 0.560. The Balaban J connectivity index is 1.83. The van der Waals surface area contributed by atoms with Crippen LogP contribution in [0, 0.1) is 29.2 Å². The molecule has 1 aliphatic rings. The fourth-order valence-electron chi connectivity index (χ4n) is 3.80. The number of carbonyl (C=O) groups excluding carboxylic acids is 1. The van der Waals surface area contributed by atoms with Crippen LogP contribution in [-0.4, -0.2) is 15.7 Å². The van der Waals surface area contributed by atoms with Gasteiger partial charge in [0.15, 0.2) is 23.3 Å².